The standard InChI is InChI=1S/C11H13F3NO/c1-3-8-15(2)9-6-4-5-7-10(9)16-11(12,13)14/h4-7H,1,3,8H2,2H3. The smallest absolute Gasteiger partial charge is 0.404 e. The first-order valence-electron chi connectivity index (χ1n) is 4.79. The topological polar surface area (TPSA) is 12.5 Å². The summed E-state index contributed by atoms with van der Waals surface area (Å²) in [6.45, 7) is 4.22. The highest BCUT2D eigenvalue weighted by Gasteiger charge is 2.32. The molecular weight excluding hydrogens is 219 g/mol. The Bertz CT molecular complexity index is 338. The first kappa shape index (κ1) is 12.7. The first-order chi connectivity index (χ1) is 7.44. The van der Waals surface area contributed by atoms with Crippen molar-refractivity contribution in [3.63, 3.8) is 0 Å². The largest absolute Gasteiger partial charge is 0.573 e. The highest BCUT2D eigenvalue weighted by molar-refractivity contribution is 5.57. The van der Waals surface area contributed by atoms with Gasteiger partial charge in [-0.15, -0.1) is 13.2 Å². The molecule has 0 N–H and O–H groups in total. The van der Waals surface area contributed by atoms with Crippen LogP contribution in [-0.4, -0.2) is 20.0 Å². The molecule has 1 rings (SSSR count). The lowest BCUT2D eigenvalue weighted by Gasteiger charge is -2.22. The zero-order valence-electron chi connectivity index (χ0n) is 8.92. The number of hydrogen-bond acceptors (Lipinski definition) is 2. The molecule has 89 valence electrons. The van der Waals surface area contributed by atoms with Gasteiger partial charge in [0.15, 0.2) is 5.75 Å². The highest BCUT2D eigenvalue weighted by atomic mass is 19.4. The molecule has 0 heterocycles. The molecular formula is C11H13F3NO. The predicted octanol–water partition coefficient (Wildman–Crippen LogP) is 3.25. The quantitative estimate of drug-likeness (QED) is 0.790. The zero-order valence-corrected chi connectivity index (χ0v) is 8.92. The maximum atomic E-state index is 12.1. The summed E-state index contributed by atoms with van der Waals surface area (Å²) >= 11 is 0. The van der Waals surface area contributed by atoms with Crippen molar-refractivity contribution >= 4 is 5.69 Å². The average molecular weight is 232 g/mol. The van der Waals surface area contributed by atoms with Crippen molar-refractivity contribution in [2.24, 2.45) is 0 Å². The molecule has 0 saturated carbocycles. The number of para-hydroxylation sites is 2. The van der Waals surface area contributed by atoms with Gasteiger partial charge in [0.25, 0.3) is 0 Å². The third kappa shape index (κ3) is 3.64. The second-order valence-electron chi connectivity index (χ2n) is 3.29. The molecule has 5 heteroatoms. The van der Waals surface area contributed by atoms with Crippen LogP contribution >= 0.6 is 0 Å². The van der Waals surface area contributed by atoms with E-state index in [0.29, 0.717) is 18.7 Å². The van der Waals surface area contributed by atoms with Gasteiger partial charge in [0.05, 0.1) is 5.69 Å². The van der Waals surface area contributed by atoms with Crippen LogP contribution in [0.3, 0.4) is 0 Å². The minimum Gasteiger partial charge on any atom is -0.404 e. The van der Waals surface area contributed by atoms with Crippen molar-refractivity contribution in [3.05, 3.63) is 31.2 Å². The minimum atomic E-state index is -4.67. The van der Waals surface area contributed by atoms with Gasteiger partial charge in [-0.25, -0.2) is 0 Å². The maximum Gasteiger partial charge on any atom is 0.573 e. The summed E-state index contributed by atoms with van der Waals surface area (Å²) < 4.78 is 40.3. The van der Waals surface area contributed by atoms with Crippen LogP contribution in [0.15, 0.2) is 24.3 Å². The van der Waals surface area contributed by atoms with E-state index < -0.39 is 6.36 Å². The molecule has 1 radical (unpaired) electrons. The van der Waals surface area contributed by atoms with Gasteiger partial charge in [0, 0.05) is 13.6 Å². The van der Waals surface area contributed by atoms with Gasteiger partial charge in [-0.05, 0) is 18.6 Å². The van der Waals surface area contributed by atoms with Gasteiger partial charge < -0.3 is 9.64 Å². The Labute approximate surface area is 92.6 Å². The molecule has 0 aliphatic carbocycles. The Morgan fingerprint density at radius 2 is 1.94 bits per heavy atom. The molecule has 1 aromatic rings. The molecule has 0 aromatic heterocycles. The van der Waals surface area contributed by atoms with Gasteiger partial charge in [-0.3, -0.25) is 0 Å². The van der Waals surface area contributed by atoms with Crippen LogP contribution < -0.4 is 9.64 Å². The number of ether oxygens (including phenoxy) is 1. The van der Waals surface area contributed by atoms with Crippen LogP contribution in [0.5, 0.6) is 5.75 Å². The monoisotopic (exact) mass is 232 g/mol. The van der Waals surface area contributed by atoms with Crippen molar-refractivity contribution in [2.75, 3.05) is 18.5 Å². The van der Waals surface area contributed by atoms with E-state index in [1.54, 1.807) is 24.1 Å². The molecule has 0 amide bonds. The summed E-state index contributed by atoms with van der Waals surface area (Å²) in [5.41, 5.74) is 0.406. The van der Waals surface area contributed by atoms with E-state index >= 15 is 0 Å². The Balaban J connectivity index is 2.91. The Morgan fingerprint density at radius 1 is 1.31 bits per heavy atom. The SMILES string of the molecule is [CH2]CCN(C)c1ccccc1OC(F)(F)F. The number of alkyl halides is 3. The zero-order chi connectivity index (χ0) is 12.2. The van der Waals surface area contributed by atoms with E-state index in [2.05, 4.69) is 11.7 Å². The van der Waals surface area contributed by atoms with Gasteiger partial charge in [0.1, 0.15) is 0 Å². The number of rotatable bonds is 4. The maximum absolute atomic E-state index is 12.1. The van der Waals surface area contributed by atoms with Crippen LogP contribution in [0.1, 0.15) is 6.42 Å². The molecule has 1 aromatic carbocycles. The fraction of sp³-hybridized carbons (Fsp3) is 0.364. The van der Waals surface area contributed by atoms with Crippen LogP contribution in [-0.2, 0) is 0 Å². The second-order valence-corrected chi connectivity index (χ2v) is 3.29. The van der Waals surface area contributed by atoms with Crippen LogP contribution in [0.2, 0.25) is 0 Å². The average Bonchev–Trinajstić information content (AvgIpc) is 2.16. The second kappa shape index (κ2) is 5.09. The van der Waals surface area contributed by atoms with Crippen molar-refractivity contribution in [2.45, 2.75) is 12.8 Å². The van der Waals surface area contributed by atoms with E-state index in [9.17, 15) is 13.2 Å². The first-order valence-corrected chi connectivity index (χ1v) is 4.79. The number of nitrogens with zero attached hydrogens (tertiary/aromatic N) is 1. The normalized spacial score (nSPS) is 11.3. The van der Waals surface area contributed by atoms with Crippen LogP contribution in [0.4, 0.5) is 18.9 Å². The number of anilines is 1. The summed E-state index contributed by atoms with van der Waals surface area (Å²) in [6, 6.07) is 6.04. The van der Waals surface area contributed by atoms with Crippen LogP contribution in [0.25, 0.3) is 0 Å². The summed E-state index contributed by atoms with van der Waals surface area (Å²) in [5, 5.41) is 0. The van der Waals surface area contributed by atoms with Crippen molar-refractivity contribution in [1.82, 2.24) is 0 Å². The van der Waals surface area contributed by atoms with E-state index in [1.165, 1.54) is 12.1 Å². The Hall–Kier alpha value is -1.39. The summed E-state index contributed by atoms with van der Waals surface area (Å²) in [7, 11) is 1.70. The van der Waals surface area contributed by atoms with Crippen molar-refractivity contribution in [3.8, 4) is 5.75 Å². The van der Waals surface area contributed by atoms with Crippen molar-refractivity contribution in [1.29, 1.82) is 0 Å². The lowest BCUT2D eigenvalue weighted by molar-refractivity contribution is -0.274. The third-order valence-electron chi connectivity index (χ3n) is 2.00. The number of benzene rings is 1. The Morgan fingerprint density at radius 3 is 2.50 bits per heavy atom. The fourth-order valence-corrected chi connectivity index (χ4v) is 1.34. The highest BCUT2D eigenvalue weighted by Crippen LogP contribution is 2.31. The Kier molecular flexibility index (Phi) is 4.04. The number of hydrogen-bond donors (Lipinski definition) is 0. The molecule has 0 fully saturated rings. The molecule has 2 nitrogen and oxygen atoms in total. The number of halogens is 3. The lowest BCUT2D eigenvalue weighted by atomic mass is 10.2. The van der Waals surface area contributed by atoms with Gasteiger partial charge >= 0.3 is 6.36 Å². The van der Waals surface area contributed by atoms with E-state index in [-0.39, 0.29) is 5.75 Å². The molecule has 0 saturated heterocycles. The van der Waals surface area contributed by atoms with Gasteiger partial charge in [-0.1, -0.05) is 19.1 Å². The van der Waals surface area contributed by atoms with E-state index in [1.807, 2.05) is 0 Å². The molecule has 0 aliphatic heterocycles. The minimum absolute atomic E-state index is 0.189. The molecule has 0 bridgehead atoms. The van der Waals surface area contributed by atoms with Crippen molar-refractivity contribution < 1.29 is 17.9 Å². The molecule has 16 heavy (non-hydrogen) atoms. The summed E-state index contributed by atoms with van der Waals surface area (Å²) in [5.74, 6) is -0.189. The summed E-state index contributed by atoms with van der Waals surface area (Å²) in [6.07, 6.45) is -4.06. The third-order valence-corrected chi connectivity index (χ3v) is 2.00. The van der Waals surface area contributed by atoms with E-state index in [0.717, 1.165) is 0 Å². The predicted molar refractivity (Wildman–Crippen MR) is 56.4 cm³/mol. The van der Waals surface area contributed by atoms with Gasteiger partial charge in [0.2, 0.25) is 0 Å². The van der Waals surface area contributed by atoms with Gasteiger partial charge in [-0.2, -0.15) is 0 Å². The molecule has 0 unspecified atom stereocenters. The lowest BCUT2D eigenvalue weighted by Crippen LogP contribution is -2.22. The molecule has 0 spiro atoms. The van der Waals surface area contributed by atoms with Crippen LogP contribution in [0, 0.1) is 6.92 Å². The molecule has 0 atom stereocenters. The van der Waals surface area contributed by atoms with E-state index in [4.69, 9.17) is 0 Å². The fourth-order valence-electron chi connectivity index (χ4n) is 1.34. The summed E-state index contributed by atoms with van der Waals surface area (Å²) in [4.78, 5) is 1.67. The molecule has 0 aliphatic rings.